The number of aryl methyl sites for hydroxylation is 1. The third kappa shape index (κ3) is 2.16. The van der Waals surface area contributed by atoms with Gasteiger partial charge in [0.2, 0.25) is 0 Å². The fourth-order valence-corrected chi connectivity index (χ4v) is 2.13. The third-order valence-electron chi connectivity index (χ3n) is 3.33. The van der Waals surface area contributed by atoms with Gasteiger partial charge in [0, 0.05) is 0 Å². The Hall–Kier alpha value is -0.820. The highest BCUT2D eigenvalue weighted by Crippen LogP contribution is 2.38. The smallest absolute Gasteiger partial charge is 0.00430 e. The maximum Gasteiger partial charge on any atom is -0.00430 e. The molecule has 1 saturated carbocycles. The van der Waals surface area contributed by atoms with Crippen molar-refractivity contribution in [1.82, 2.24) is 0 Å². The van der Waals surface area contributed by atoms with Crippen LogP contribution in [0, 0.1) is 18.8 Å². The zero-order valence-corrected chi connectivity index (χ0v) is 8.87. The second kappa shape index (κ2) is 4.14. The first-order valence-electron chi connectivity index (χ1n) is 5.56. The highest BCUT2D eigenvalue weighted by atomic mass is 14.6. The van der Waals surface area contributed by atoms with Crippen LogP contribution < -0.4 is 5.73 Å². The molecule has 1 aliphatic carbocycles. The molecule has 0 radical (unpaired) electrons. The lowest BCUT2D eigenvalue weighted by Gasteiger charge is -2.15. The minimum absolute atomic E-state index is 0.719. The number of hydrogen-bond donors (Lipinski definition) is 1. The molecule has 2 rings (SSSR count). The molecule has 0 saturated heterocycles. The SMILES string of the molecule is Cc1ccccc1CC(CN)C1CC1. The predicted octanol–water partition coefficient (Wildman–Crippen LogP) is 2.52. The number of hydrogen-bond acceptors (Lipinski definition) is 1. The van der Waals surface area contributed by atoms with Gasteiger partial charge >= 0.3 is 0 Å². The van der Waals surface area contributed by atoms with Crippen LogP contribution in [0.5, 0.6) is 0 Å². The summed E-state index contributed by atoms with van der Waals surface area (Å²) < 4.78 is 0. The summed E-state index contributed by atoms with van der Waals surface area (Å²) in [6.45, 7) is 3.04. The van der Waals surface area contributed by atoms with Gasteiger partial charge in [-0.25, -0.2) is 0 Å². The summed E-state index contributed by atoms with van der Waals surface area (Å²) in [6.07, 6.45) is 3.97. The molecule has 1 aromatic rings. The molecule has 1 fully saturated rings. The van der Waals surface area contributed by atoms with Crippen LogP contribution in [0.1, 0.15) is 24.0 Å². The van der Waals surface area contributed by atoms with Crippen molar-refractivity contribution in [1.29, 1.82) is 0 Å². The Labute approximate surface area is 86.3 Å². The molecule has 14 heavy (non-hydrogen) atoms. The van der Waals surface area contributed by atoms with E-state index in [1.54, 1.807) is 0 Å². The van der Waals surface area contributed by atoms with Crippen LogP contribution >= 0.6 is 0 Å². The van der Waals surface area contributed by atoms with E-state index in [4.69, 9.17) is 5.73 Å². The van der Waals surface area contributed by atoms with E-state index in [-0.39, 0.29) is 0 Å². The minimum atomic E-state index is 0.719. The van der Waals surface area contributed by atoms with Crippen molar-refractivity contribution < 1.29 is 0 Å². The molecule has 1 aliphatic rings. The molecule has 1 unspecified atom stereocenters. The molecule has 1 heteroatoms. The summed E-state index contributed by atoms with van der Waals surface area (Å²) in [5, 5.41) is 0. The largest absolute Gasteiger partial charge is 0.330 e. The van der Waals surface area contributed by atoms with E-state index in [9.17, 15) is 0 Å². The van der Waals surface area contributed by atoms with Gasteiger partial charge < -0.3 is 5.73 Å². The number of rotatable bonds is 4. The minimum Gasteiger partial charge on any atom is -0.330 e. The Bertz CT molecular complexity index is 302. The molecular formula is C13H19N. The average Bonchev–Trinajstić information content (AvgIpc) is 3.00. The molecule has 0 amide bonds. The quantitative estimate of drug-likeness (QED) is 0.774. The Morgan fingerprint density at radius 1 is 1.36 bits per heavy atom. The zero-order valence-electron chi connectivity index (χ0n) is 8.87. The van der Waals surface area contributed by atoms with Gasteiger partial charge in [0.25, 0.3) is 0 Å². The van der Waals surface area contributed by atoms with Crippen molar-refractivity contribution in [2.45, 2.75) is 26.2 Å². The maximum absolute atomic E-state index is 5.81. The van der Waals surface area contributed by atoms with E-state index in [1.807, 2.05) is 0 Å². The van der Waals surface area contributed by atoms with Crippen molar-refractivity contribution in [3.8, 4) is 0 Å². The van der Waals surface area contributed by atoms with Gasteiger partial charge in [-0.1, -0.05) is 24.3 Å². The van der Waals surface area contributed by atoms with Gasteiger partial charge in [-0.3, -0.25) is 0 Å². The van der Waals surface area contributed by atoms with Crippen LogP contribution in [-0.4, -0.2) is 6.54 Å². The highest BCUT2D eigenvalue weighted by Gasteiger charge is 2.30. The Kier molecular flexibility index (Phi) is 2.87. The van der Waals surface area contributed by atoms with Crippen molar-refractivity contribution >= 4 is 0 Å². The van der Waals surface area contributed by atoms with Gasteiger partial charge in [0.05, 0.1) is 0 Å². The van der Waals surface area contributed by atoms with Gasteiger partial charge in [-0.05, 0) is 55.7 Å². The lowest BCUT2D eigenvalue weighted by molar-refractivity contribution is 0.470. The molecule has 2 N–H and O–H groups in total. The molecule has 0 aromatic heterocycles. The predicted molar refractivity (Wildman–Crippen MR) is 60.2 cm³/mol. The van der Waals surface area contributed by atoms with E-state index >= 15 is 0 Å². The summed E-state index contributed by atoms with van der Waals surface area (Å²) in [4.78, 5) is 0. The first-order valence-corrected chi connectivity index (χ1v) is 5.56. The number of benzene rings is 1. The third-order valence-corrected chi connectivity index (χ3v) is 3.33. The zero-order chi connectivity index (χ0) is 9.97. The average molecular weight is 189 g/mol. The molecule has 1 atom stereocenters. The fraction of sp³-hybridized carbons (Fsp3) is 0.538. The Morgan fingerprint density at radius 3 is 2.64 bits per heavy atom. The number of nitrogens with two attached hydrogens (primary N) is 1. The molecule has 1 nitrogen and oxygen atoms in total. The van der Waals surface area contributed by atoms with E-state index in [0.29, 0.717) is 0 Å². The van der Waals surface area contributed by atoms with E-state index in [0.717, 1.165) is 18.4 Å². The first-order chi connectivity index (χ1) is 6.81. The Morgan fingerprint density at radius 2 is 2.07 bits per heavy atom. The van der Waals surface area contributed by atoms with Crippen molar-refractivity contribution in [3.05, 3.63) is 35.4 Å². The molecule has 0 bridgehead atoms. The summed E-state index contributed by atoms with van der Waals surface area (Å²) >= 11 is 0. The standard InChI is InChI=1S/C13H19N/c1-10-4-2-3-5-12(10)8-13(9-14)11-6-7-11/h2-5,11,13H,6-9,14H2,1H3. The van der Waals surface area contributed by atoms with Gasteiger partial charge in [0.1, 0.15) is 0 Å². The molecular weight excluding hydrogens is 170 g/mol. The van der Waals surface area contributed by atoms with Crippen LogP contribution in [0.3, 0.4) is 0 Å². The summed E-state index contributed by atoms with van der Waals surface area (Å²) in [7, 11) is 0. The van der Waals surface area contributed by atoms with Crippen LogP contribution in [0.4, 0.5) is 0 Å². The van der Waals surface area contributed by atoms with E-state index in [1.165, 1.54) is 30.4 Å². The second-order valence-electron chi connectivity index (χ2n) is 4.46. The summed E-state index contributed by atoms with van der Waals surface area (Å²) in [5.41, 5.74) is 8.70. The van der Waals surface area contributed by atoms with Crippen LogP contribution in [0.2, 0.25) is 0 Å². The maximum atomic E-state index is 5.81. The fourth-order valence-electron chi connectivity index (χ4n) is 2.13. The molecule has 76 valence electrons. The first kappa shape index (κ1) is 9.72. The van der Waals surface area contributed by atoms with Crippen LogP contribution in [-0.2, 0) is 6.42 Å². The van der Waals surface area contributed by atoms with Gasteiger partial charge in [0.15, 0.2) is 0 Å². The monoisotopic (exact) mass is 189 g/mol. The molecule has 0 aliphatic heterocycles. The Balaban J connectivity index is 2.04. The van der Waals surface area contributed by atoms with Gasteiger partial charge in [-0.2, -0.15) is 0 Å². The van der Waals surface area contributed by atoms with Crippen LogP contribution in [0.25, 0.3) is 0 Å². The molecule has 0 spiro atoms. The topological polar surface area (TPSA) is 26.0 Å². The summed E-state index contributed by atoms with van der Waals surface area (Å²) in [5.74, 6) is 1.63. The van der Waals surface area contributed by atoms with Crippen molar-refractivity contribution in [2.75, 3.05) is 6.54 Å². The second-order valence-corrected chi connectivity index (χ2v) is 4.46. The molecule has 1 aromatic carbocycles. The summed E-state index contributed by atoms with van der Waals surface area (Å²) in [6, 6.07) is 8.66. The lowest BCUT2D eigenvalue weighted by atomic mass is 9.93. The van der Waals surface area contributed by atoms with Crippen molar-refractivity contribution in [3.63, 3.8) is 0 Å². The van der Waals surface area contributed by atoms with Crippen LogP contribution in [0.15, 0.2) is 24.3 Å². The normalized spacial score (nSPS) is 18.1. The van der Waals surface area contributed by atoms with Gasteiger partial charge in [-0.15, -0.1) is 0 Å². The molecule has 0 heterocycles. The lowest BCUT2D eigenvalue weighted by Crippen LogP contribution is -2.19. The van der Waals surface area contributed by atoms with Crippen molar-refractivity contribution in [2.24, 2.45) is 17.6 Å². The highest BCUT2D eigenvalue weighted by molar-refractivity contribution is 5.26. The van der Waals surface area contributed by atoms with E-state index in [2.05, 4.69) is 31.2 Å². The van der Waals surface area contributed by atoms with E-state index < -0.39 is 0 Å².